The normalized spacial score (nSPS) is 13.4. The molecule has 0 aliphatic rings. The number of hydrogen-bond donors (Lipinski definition) is 1. The Hall–Kier alpha value is -2.64. The van der Waals surface area contributed by atoms with Gasteiger partial charge in [0.1, 0.15) is 0 Å². The van der Waals surface area contributed by atoms with Gasteiger partial charge in [0.2, 0.25) is 0 Å². The van der Waals surface area contributed by atoms with Crippen LogP contribution in [0.5, 0.6) is 0 Å². The van der Waals surface area contributed by atoms with Crippen molar-refractivity contribution in [1.29, 1.82) is 0 Å². The minimum Gasteiger partial charge on any atom is -0.471 e. The number of hydrazone groups is 1. The molecule has 0 aromatic carbocycles. The maximum absolute atomic E-state index is 12.2. The SMILES string of the molecule is C=CN/N=C(CCCc1cncc(C)c1)/C(=C/N=C(\C)OCC(F)(F)F)CC. The molecule has 1 N–H and O–H groups in total. The van der Waals surface area contributed by atoms with Crippen molar-refractivity contribution < 1.29 is 17.9 Å². The maximum atomic E-state index is 12.2. The van der Waals surface area contributed by atoms with Crippen molar-refractivity contribution in [3.05, 3.63) is 54.1 Å². The van der Waals surface area contributed by atoms with Crippen LogP contribution in [-0.4, -0.2) is 29.4 Å². The van der Waals surface area contributed by atoms with E-state index in [-0.39, 0.29) is 5.90 Å². The molecule has 0 amide bonds. The summed E-state index contributed by atoms with van der Waals surface area (Å²) in [6.07, 6.45) is 5.20. The molecule has 0 fully saturated rings. The van der Waals surface area contributed by atoms with Crippen LogP contribution in [0.4, 0.5) is 13.2 Å². The van der Waals surface area contributed by atoms with Gasteiger partial charge in [-0.1, -0.05) is 19.6 Å². The fourth-order valence-electron chi connectivity index (χ4n) is 2.39. The van der Waals surface area contributed by atoms with Crippen LogP contribution in [0.15, 0.2) is 53.1 Å². The number of hydrogen-bond acceptors (Lipinski definition) is 5. The molecule has 0 saturated carbocycles. The van der Waals surface area contributed by atoms with Crippen molar-refractivity contribution in [2.75, 3.05) is 6.61 Å². The van der Waals surface area contributed by atoms with E-state index in [2.05, 4.69) is 37.9 Å². The molecule has 0 radical (unpaired) electrons. The Morgan fingerprint density at radius 1 is 1.36 bits per heavy atom. The Labute approximate surface area is 164 Å². The third-order valence-electron chi connectivity index (χ3n) is 3.70. The summed E-state index contributed by atoms with van der Waals surface area (Å²) >= 11 is 0. The molecular formula is C20H27F3N4O. The molecule has 0 aliphatic heterocycles. The van der Waals surface area contributed by atoms with Crippen molar-refractivity contribution in [3.8, 4) is 0 Å². The Morgan fingerprint density at radius 2 is 2.11 bits per heavy atom. The van der Waals surface area contributed by atoms with Gasteiger partial charge in [-0.15, -0.1) is 0 Å². The molecule has 5 nitrogen and oxygen atoms in total. The Morgan fingerprint density at radius 3 is 2.71 bits per heavy atom. The van der Waals surface area contributed by atoms with E-state index in [9.17, 15) is 13.2 Å². The molecule has 0 spiro atoms. The number of halogens is 3. The summed E-state index contributed by atoms with van der Waals surface area (Å²) in [5, 5.41) is 4.30. The largest absolute Gasteiger partial charge is 0.471 e. The molecule has 0 saturated heterocycles. The second-order valence-electron chi connectivity index (χ2n) is 6.18. The van der Waals surface area contributed by atoms with Crippen molar-refractivity contribution >= 4 is 11.6 Å². The molecule has 154 valence electrons. The molecule has 0 aliphatic carbocycles. The number of aromatic nitrogens is 1. The molecule has 0 atom stereocenters. The van der Waals surface area contributed by atoms with Gasteiger partial charge in [0.25, 0.3) is 0 Å². The van der Waals surface area contributed by atoms with E-state index in [4.69, 9.17) is 0 Å². The number of nitrogens with zero attached hydrogens (tertiary/aromatic N) is 3. The van der Waals surface area contributed by atoms with Gasteiger partial charge in [0.15, 0.2) is 12.5 Å². The van der Waals surface area contributed by atoms with Crippen LogP contribution in [0.25, 0.3) is 0 Å². The first-order valence-electron chi connectivity index (χ1n) is 9.02. The zero-order valence-corrected chi connectivity index (χ0v) is 16.5. The third-order valence-corrected chi connectivity index (χ3v) is 3.70. The van der Waals surface area contributed by atoms with Gasteiger partial charge in [0.05, 0.1) is 5.71 Å². The molecule has 8 heteroatoms. The predicted octanol–water partition coefficient (Wildman–Crippen LogP) is 5.09. The van der Waals surface area contributed by atoms with Crippen LogP contribution in [0.3, 0.4) is 0 Å². The highest BCUT2D eigenvalue weighted by atomic mass is 19.4. The van der Waals surface area contributed by atoms with E-state index in [1.165, 1.54) is 19.3 Å². The predicted molar refractivity (Wildman–Crippen MR) is 106 cm³/mol. The highest BCUT2D eigenvalue weighted by Crippen LogP contribution is 2.15. The van der Waals surface area contributed by atoms with Crippen molar-refractivity contribution in [2.24, 2.45) is 10.1 Å². The topological polar surface area (TPSA) is 58.9 Å². The molecule has 1 aromatic heterocycles. The third kappa shape index (κ3) is 9.89. The van der Waals surface area contributed by atoms with Crippen LogP contribution in [-0.2, 0) is 11.2 Å². The van der Waals surface area contributed by atoms with E-state index in [1.54, 1.807) is 0 Å². The number of rotatable bonds is 10. The molecule has 0 bridgehead atoms. The number of allylic oxidation sites excluding steroid dienone is 1. The van der Waals surface area contributed by atoms with E-state index in [1.807, 2.05) is 26.2 Å². The second kappa shape index (κ2) is 11.9. The summed E-state index contributed by atoms with van der Waals surface area (Å²) in [5.41, 5.74) is 6.56. The maximum Gasteiger partial charge on any atom is 0.422 e. The van der Waals surface area contributed by atoms with Crippen LogP contribution in [0.1, 0.15) is 44.2 Å². The zero-order chi connectivity index (χ0) is 21.0. The monoisotopic (exact) mass is 396 g/mol. The zero-order valence-electron chi connectivity index (χ0n) is 16.5. The van der Waals surface area contributed by atoms with E-state index in [0.29, 0.717) is 12.8 Å². The standard InChI is InChI=1S/C20H27F3N4O/c1-5-18(13-25-16(4)28-14-20(21,22)23)19(27-26-6-2)9-7-8-17-10-15(3)11-24-12-17/h6,10-13,26H,2,5,7-9,14H2,1,3-4H3/b18-13+,25-16+,27-19+. The summed E-state index contributed by atoms with van der Waals surface area (Å²) in [6, 6.07) is 2.09. The van der Waals surface area contributed by atoms with Gasteiger partial charge >= 0.3 is 6.18 Å². The van der Waals surface area contributed by atoms with Crippen molar-refractivity contribution in [1.82, 2.24) is 10.4 Å². The molecule has 28 heavy (non-hydrogen) atoms. The Balaban J connectivity index is 2.79. The van der Waals surface area contributed by atoms with Gasteiger partial charge in [-0.2, -0.15) is 18.3 Å². The van der Waals surface area contributed by atoms with Crippen LogP contribution in [0, 0.1) is 6.92 Å². The summed E-state index contributed by atoms with van der Waals surface area (Å²) < 4.78 is 41.3. The van der Waals surface area contributed by atoms with Gasteiger partial charge in [-0.3, -0.25) is 10.4 Å². The summed E-state index contributed by atoms with van der Waals surface area (Å²) in [6.45, 7) is 7.53. The number of alkyl halides is 3. The first kappa shape index (κ1) is 23.4. The highest BCUT2D eigenvalue weighted by Gasteiger charge is 2.28. The van der Waals surface area contributed by atoms with E-state index < -0.39 is 12.8 Å². The number of nitrogens with one attached hydrogen (secondary N) is 1. The minimum atomic E-state index is -4.39. The number of pyridine rings is 1. The first-order valence-corrected chi connectivity index (χ1v) is 9.02. The van der Waals surface area contributed by atoms with Crippen LogP contribution in [0.2, 0.25) is 0 Å². The molecule has 1 heterocycles. The average molecular weight is 396 g/mol. The number of aryl methyl sites for hydroxylation is 2. The molecule has 1 aromatic rings. The Bertz CT molecular complexity index is 724. The fraction of sp³-hybridized carbons (Fsp3) is 0.450. The fourth-order valence-corrected chi connectivity index (χ4v) is 2.39. The quantitative estimate of drug-likeness (QED) is 0.340. The van der Waals surface area contributed by atoms with Gasteiger partial charge < -0.3 is 4.74 Å². The lowest BCUT2D eigenvalue weighted by Crippen LogP contribution is -2.19. The van der Waals surface area contributed by atoms with Crippen LogP contribution < -0.4 is 5.43 Å². The lowest BCUT2D eigenvalue weighted by molar-refractivity contribution is -0.156. The number of ether oxygens (including phenoxy) is 1. The summed E-state index contributed by atoms with van der Waals surface area (Å²) in [4.78, 5) is 8.18. The summed E-state index contributed by atoms with van der Waals surface area (Å²) in [7, 11) is 0. The second-order valence-corrected chi connectivity index (χ2v) is 6.18. The number of aliphatic imine (C=N–C) groups is 1. The van der Waals surface area contributed by atoms with Crippen LogP contribution >= 0.6 is 0 Å². The molecule has 0 unspecified atom stereocenters. The van der Waals surface area contributed by atoms with E-state index >= 15 is 0 Å². The molecule has 1 rings (SSSR count). The van der Waals surface area contributed by atoms with E-state index in [0.717, 1.165) is 35.3 Å². The van der Waals surface area contributed by atoms with Crippen molar-refractivity contribution in [3.63, 3.8) is 0 Å². The first-order chi connectivity index (χ1) is 13.2. The van der Waals surface area contributed by atoms with Gasteiger partial charge in [-0.25, -0.2) is 4.99 Å². The molecular weight excluding hydrogens is 369 g/mol. The summed E-state index contributed by atoms with van der Waals surface area (Å²) in [5.74, 6) is -0.0508. The van der Waals surface area contributed by atoms with Gasteiger partial charge in [0, 0.05) is 31.7 Å². The van der Waals surface area contributed by atoms with Gasteiger partial charge in [-0.05, 0) is 49.3 Å². The Kier molecular flexibility index (Phi) is 9.98. The lowest BCUT2D eigenvalue weighted by Gasteiger charge is -2.10. The van der Waals surface area contributed by atoms with Crippen molar-refractivity contribution in [2.45, 2.75) is 52.6 Å². The lowest BCUT2D eigenvalue weighted by atomic mass is 10.0. The smallest absolute Gasteiger partial charge is 0.422 e. The minimum absolute atomic E-state index is 0.0508. The highest BCUT2D eigenvalue weighted by molar-refractivity contribution is 6.00. The average Bonchev–Trinajstić information content (AvgIpc) is 2.63.